The smallest absolute Gasteiger partial charge is 0.407 e. The van der Waals surface area contributed by atoms with E-state index in [0.29, 0.717) is 25.2 Å². The van der Waals surface area contributed by atoms with Crippen LogP contribution in [0.25, 0.3) is 11.1 Å². The van der Waals surface area contributed by atoms with E-state index in [1.54, 1.807) is 26.2 Å². The van der Waals surface area contributed by atoms with Crippen LogP contribution in [0.15, 0.2) is 48.8 Å². The number of tetrazole rings is 1. The van der Waals surface area contributed by atoms with Crippen LogP contribution >= 0.6 is 0 Å². The highest BCUT2D eigenvalue weighted by atomic mass is 16.5. The fourth-order valence-corrected chi connectivity index (χ4v) is 3.59. The summed E-state index contributed by atoms with van der Waals surface area (Å²) in [4.78, 5) is 28.8. The van der Waals surface area contributed by atoms with Gasteiger partial charge in [-0.3, -0.25) is 9.78 Å². The minimum atomic E-state index is -1.14. The van der Waals surface area contributed by atoms with Gasteiger partial charge in [0, 0.05) is 31.1 Å². The molecule has 1 aromatic carbocycles. The predicted octanol–water partition coefficient (Wildman–Crippen LogP) is 1.35. The van der Waals surface area contributed by atoms with Crippen LogP contribution in [-0.4, -0.2) is 74.2 Å². The second-order valence-corrected chi connectivity index (χ2v) is 9.42. The Morgan fingerprint density at radius 1 is 1.18 bits per heavy atom. The van der Waals surface area contributed by atoms with E-state index in [4.69, 9.17) is 20.3 Å². The Morgan fingerprint density at radius 2 is 2.00 bits per heavy atom. The maximum absolute atomic E-state index is 12.7. The summed E-state index contributed by atoms with van der Waals surface area (Å²) in [5.41, 5.74) is 7.77. The fourth-order valence-electron chi connectivity index (χ4n) is 3.59. The number of nitrogens with one attached hydrogen (secondary N) is 2. The summed E-state index contributed by atoms with van der Waals surface area (Å²) < 4.78 is 12.7. The number of nitrogens with two attached hydrogens (primary N) is 1. The third-order valence-corrected chi connectivity index (χ3v) is 5.68. The van der Waals surface area contributed by atoms with Crippen molar-refractivity contribution in [3.8, 4) is 11.1 Å². The Kier molecular flexibility index (Phi) is 11.3. The van der Waals surface area contributed by atoms with Crippen LogP contribution in [0.5, 0.6) is 0 Å². The van der Waals surface area contributed by atoms with Crippen molar-refractivity contribution in [3.63, 3.8) is 0 Å². The first-order valence-corrected chi connectivity index (χ1v) is 12.7. The molecule has 2 heterocycles. The molecule has 0 saturated heterocycles. The third-order valence-electron chi connectivity index (χ3n) is 5.68. The van der Waals surface area contributed by atoms with Gasteiger partial charge in [0.2, 0.25) is 5.91 Å². The quantitative estimate of drug-likeness (QED) is 0.206. The Hall–Kier alpha value is -3.94. The Bertz CT molecular complexity index is 1180. The number of aliphatic hydroxyl groups is 1. The summed E-state index contributed by atoms with van der Waals surface area (Å²) in [5.74, 6) is -0.0694. The van der Waals surface area contributed by atoms with Crippen molar-refractivity contribution >= 4 is 12.0 Å². The lowest BCUT2D eigenvalue weighted by Gasteiger charge is -2.24. The van der Waals surface area contributed by atoms with E-state index in [1.165, 1.54) is 4.68 Å². The van der Waals surface area contributed by atoms with Gasteiger partial charge in [-0.2, -0.15) is 0 Å². The number of ether oxygens (including phenoxy) is 2. The second kappa shape index (κ2) is 14.9. The molecule has 1 atom stereocenters. The topological polar surface area (TPSA) is 179 Å². The van der Waals surface area contributed by atoms with Gasteiger partial charge in [-0.25, -0.2) is 9.48 Å². The number of carbonyl (C=O) groups excluding carboxylic acids is 2. The van der Waals surface area contributed by atoms with Crippen molar-refractivity contribution in [2.24, 2.45) is 5.73 Å². The van der Waals surface area contributed by atoms with E-state index >= 15 is 0 Å². The fraction of sp³-hybridized carbons (Fsp3) is 0.462. The molecule has 13 nitrogen and oxygen atoms in total. The average molecular weight is 541 g/mol. The molecule has 210 valence electrons. The van der Waals surface area contributed by atoms with Gasteiger partial charge in [-0.1, -0.05) is 30.3 Å². The normalized spacial score (nSPS) is 12.1. The Balaban J connectivity index is 1.65. The molecule has 0 bridgehead atoms. The van der Waals surface area contributed by atoms with Gasteiger partial charge >= 0.3 is 6.09 Å². The summed E-state index contributed by atoms with van der Waals surface area (Å²) >= 11 is 0. The van der Waals surface area contributed by atoms with E-state index in [0.717, 1.165) is 16.7 Å². The molecular weight excluding hydrogens is 504 g/mol. The molecule has 0 aliphatic carbocycles. The number of rotatable bonds is 15. The van der Waals surface area contributed by atoms with Crippen LogP contribution in [0.1, 0.15) is 44.1 Å². The molecule has 3 aromatic rings. The molecule has 0 aliphatic heterocycles. The molecule has 0 fully saturated rings. The van der Waals surface area contributed by atoms with Crippen LogP contribution in [0, 0.1) is 0 Å². The first-order chi connectivity index (χ1) is 18.8. The largest absolute Gasteiger partial charge is 0.448 e. The summed E-state index contributed by atoms with van der Waals surface area (Å²) in [6, 6.07) is 11.0. The molecule has 2 aromatic heterocycles. The number of amides is 2. The highest BCUT2D eigenvalue weighted by Crippen LogP contribution is 2.24. The first-order valence-electron chi connectivity index (χ1n) is 12.7. The third kappa shape index (κ3) is 9.39. The van der Waals surface area contributed by atoms with E-state index in [1.807, 2.05) is 36.4 Å². The molecular formula is C26H36N8O5. The molecule has 0 radical (unpaired) electrons. The zero-order chi connectivity index (χ0) is 28.1. The van der Waals surface area contributed by atoms with E-state index < -0.39 is 23.6 Å². The number of benzene rings is 1. The average Bonchev–Trinajstić information content (AvgIpc) is 3.39. The Labute approximate surface area is 227 Å². The van der Waals surface area contributed by atoms with Gasteiger partial charge in [-0.05, 0) is 54.3 Å². The molecule has 0 aliphatic rings. The predicted molar refractivity (Wildman–Crippen MR) is 142 cm³/mol. The number of aromatic nitrogens is 5. The molecule has 5 N–H and O–H groups in total. The number of aliphatic hydroxyl groups excluding tert-OH is 1. The van der Waals surface area contributed by atoms with Gasteiger partial charge < -0.3 is 30.9 Å². The number of hydrogen-bond acceptors (Lipinski definition) is 10. The van der Waals surface area contributed by atoms with Gasteiger partial charge in [0.15, 0.2) is 5.82 Å². The molecule has 3 rings (SSSR count). The highest BCUT2D eigenvalue weighted by molar-refractivity contribution is 5.85. The maximum atomic E-state index is 12.7. The van der Waals surface area contributed by atoms with Crippen molar-refractivity contribution < 1.29 is 24.2 Å². The van der Waals surface area contributed by atoms with Crippen LogP contribution in [0.4, 0.5) is 4.79 Å². The van der Waals surface area contributed by atoms with E-state index in [9.17, 15) is 9.59 Å². The number of carbonyl (C=O) groups is 2. The summed E-state index contributed by atoms with van der Waals surface area (Å²) in [6.07, 6.45) is 4.17. The number of unbranched alkanes of at least 4 members (excludes halogenated alkanes) is 1. The molecule has 0 saturated carbocycles. The lowest BCUT2D eigenvalue weighted by atomic mass is 10.0. The van der Waals surface area contributed by atoms with Crippen molar-refractivity contribution in [1.82, 2.24) is 35.8 Å². The standard InChI is InChI=1S/C26H36N8O5/c1-26(2,27)24(36)30-22(18-38-17-20-8-3-4-10-21(20)19-9-7-11-28-16-19)23-31-32-33-34(23)13-15-39-25(37)29-12-5-6-14-35/h3-4,7-11,16,22,35H,5-6,12-15,17-18,27H2,1-2H3,(H,29,37)(H,30,36)/t22-/m1/s1. The van der Waals surface area contributed by atoms with Crippen LogP contribution < -0.4 is 16.4 Å². The van der Waals surface area contributed by atoms with Crippen molar-refractivity contribution in [1.29, 1.82) is 0 Å². The highest BCUT2D eigenvalue weighted by Gasteiger charge is 2.28. The molecule has 0 spiro atoms. The summed E-state index contributed by atoms with van der Waals surface area (Å²) in [7, 11) is 0. The SMILES string of the molecule is CC(C)(N)C(=O)N[C@H](COCc1ccccc1-c1cccnc1)c1nnnn1CCOC(=O)NCCCCO. The number of hydrogen-bond donors (Lipinski definition) is 4. The van der Waals surface area contributed by atoms with Crippen molar-refractivity contribution in [2.45, 2.75) is 51.4 Å². The molecule has 39 heavy (non-hydrogen) atoms. The molecule has 2 amide bonds. The van der Waals surface area contributed by atoms with Gasteiger partial charge in [-0.15, -0.1) is 5.10 Å². The summed E-state index contributed by atoms with van der Waals surface area (Å²) in [5, 5.41) is 26.1. The van der Waals surface area contributed by atoms with Crippen LogP contribution in [-0.2, 0) is 27.4 Å². The molecule has 13 heteroatoms. The van der Waals surface area contributed by atoms with Crippen LogP contribution in [0.3, 0.4) is 0 Å². The lowest BCUT2D eigenvalue weighted by molar-refractivity contribution is -0.126. The van der Waals surface area contributed by atoms with Crippen molar-refractivity contribution in [2.75, 3.05) is 26.4 Å². The Morgan fingerprint density at radius 3 is 2.74 bits per heavy atom. The monoisotopic (exact) mass is 540 g/mol. The number of pyridine rings is 1. The zero-order valence-electron chi connectivity index (χ0n) is 22.2. The second-order valence-electron chi connectivity index (χ2n) is 9.42. The lowest BCUT2D eigenvalue weighted by Crippen LogP contribution is -2.51. The minimum Gasteiger partial charge on any atom is -0.448 e. The van der Waals surface area contributed by atoms with Gasteiger partial charge in [0.05, 0.1) is 25.3 Å². The van der Waals surface area contributed by atoms with Gasteiger partial charge in [0.25, 0.3) is 0 Å². The maximum Gasteiger partial charge on any atom is 0.407 e. The first kappa shape index (κ1) is 29.6. The van der Waals surface area contributed by atoms with E-state index in [-0.39, 0.29) is 33.0 Å². The van der Waals surface area contributed by atoms with E-state index in [2.05, 4.69) is 31.1 Å². The number of nitrogens with zero attached hydrogens (tertiary/aromatic N) is 5. The molecule has 0 unspecified atom stereocenters. The van der Waals surface area contributed by atoms with Crippen LogP contribution in [0.2, 0.25) is 0 Å². The summed E-state index contributed by atoms with van der Waals surface area (Å²) in [6.45, 7) is 4.17. The minimum absolute atomic E-state index is 0.00622. The number of alkyl carbamates (subject to hydrolysis) is 1. The zero-order valence-corrected chi connectivity index (χ0v) is 22.2. The van der Waals surface area contributed by atoms with Crippen molar-refractivity contribution in [3.05, 3.63) is 60.2 Å². The van der Waals surface area contributed by atoms with Gasteiger partial charge in [0.1, 0.15) is 12.6 Å².